The fourth-order valence-corrected chi connectivity index (χ4v) is 1.53. The Morgan fingerprint density at radius 2 is 2.12 bits per heavy atom. The quantitative estimate of drug-likeness (QED) is 0.834. The molecule has 0 amide bonds. The minimum atomic E-state index is 0.738. The van der Waals surface area contributed by atoms with Crippen LogP contribution in [0.3, 0.4) is 0 Å². The largest absolute Gasteiger partial charge is 0.371 e. The molecule has 0 saturated carbocycles. The van der Waals surface area contributed by atoms with Crippen molar-refractivity contribution in [2.75, 3.05) is 12.4 Å². The van der Waals surface area contributed by atoms with Gasteiger partial charge in [-0.25, -0.2) is 14.6 Å². The second kappa shape index (κ2) is 4.69. The Balaban J connectivity index is 2.45. The fraction of sp³-hybridized carbons (Fsp3) is 0.400. The standard InChI is InChI=1S/C10H14N6/c1-3-6-16-8(7-14-15-16)9-10(11-2)13-5-4-12-9/h4-5,7H,3,6H2,1-2H3,(H,11,13). The highest BCUT2D eigenvalue weighted by molar-refractivity contribution is 5.67. The van der Waals surface area contributed by atoms with Crippen LogP contribution in [-0.4, -0.2) is 32.0 Å². The van der Waals surface area contributed by atoms with Gasteiger partial charge in [0.05, 0.1) is 6.20 Å². The molecule has 16 heavy (non-hydrogen) atoms. The molecule has 0 fully saturated rings. The molecule has 2 rings (SSSR count). The summed E-state index contributed by atoms with van der Waals surface area (Å²) in [6.07, 6.45) is 6.04. The van der Waals surface area contributed by atoms with Crippen LogP contribution in [0.25, 0.3) is 11.4 Å². The molecular formula is C10H14N6. The molecule has 0 spiro atoms. The van der Waals surface area contributed by atoms with E-state index in [1.54, 1.807) is 18.6 Å². The number of nitrogens with one attached hydrogen (secondary N) is 1. The second-order valence-corrected chi connectivity index (χ2v) is 3.35. The maximum absolute atomic E-state index is 4.31. The zero-order valence-electron chi connectivity index (χ0n) is 9.38. The Morgan fingerprint density at radius 1 is 1.31 bits per heavy atom. The monoisotopic (exact) mass is 218 g/mol. The molecule has 0 bridgehead atoms. The van der Waals surface area contributed by atoms with Crippen molar-refractivity contribution in [1.82, 2.24) is 25.0 Å². The lowest BCUT2D eigenvalue weighted by Crippen LogP contribution is -2.05. The molecular weight excluding hydrogens is 204 g/mol. The number of aryl methyl sites for hydroxylation is 1. The van der Waals surface area contributed by atoms with Crippen LogP contribution in [0.1, 0.15) is 13.3 Å². The van der Waals surface area contributed by atoms with E-state index in [1.165, 1.54) is 0 Å². The van der Waals surface area contributed by atoms with E-state index in [2.05, 4.69) is 32.5 Å². The first kappa shape index (κ1) is 10.5. The highest BCUT2D eigenvalue weighted by atomic mass is 15.4. The zero-order chi connectivity index (χ0) is 11.4. The topological polar surface area (TPSA) is 68.5 Å². The van der Waals surface area contributed by atoms with Crippen molar-refractivity contribution in [2.45, 2.75) is 19.9 Å². The van der Waals surface area contributed by atoms with Crippen LogP contribution in [0.15, 0.2) is 18.6 Å². The van der Waals surface area contributed by atoms with E-state index in [4.69, 9.17) is 0 Å². The lowest BCUT2D eigenvalue weighted by Gasteiger charge is -2.07. The molecule has 0 aliphatic rings. The Labute approximate surface area is 93.7 Å². The third-order valence-corrected chi connectivity index (χ3v) is 2.23. The summed E-state index contributed by atoms with van der Waals surface area (Å²) in [6.45, 7) is 2.93. The number of hydrogen-bond donors (Lipinski definition) is 1. The van der Waals surface area contributed by atoms with E-state index in [0.29, 0.717) is 0 Å². The molecule has 6 nitrogen and oxygen atoms in total. The van der Waals surface area contributed by atoms with E-state index in [-0.39, 0.29) is 0 Å². The van der Waals surface area contributed by atoms with E-state index in [1.807, 2.05) is 11.7 Å². The van der Waals surface area contributed by atoms with Crippen molar-refractivity contribution >= 4 is 5.82 Å². The summed E-state index contributed by atoms with van der Waals surface area (Å²) in [5.74, 6) is 0.738. The summed E-state index contributed by atoms with van der Waals surface area (Å²) in [6, 6.07) is 0. The third-order valence-electron chi connectivity index (χ3n) is 2.23. The minimum absolute atomic E-state index is 0.738. The molecule has 0 aliphatic carbocycles. The van der Waals surface area contributed by atoms with E-state index in [9.17, 15) is 0 Å². The molecule has 6 heteroatoms. The van der Waals surface area contributed by atoms with Crippen molar-refractivity contribution < 1.29 is 0 Å². The van der Waals surface area contributed by atoms with Crippen LogP contribution < -0.4 is 5.32 Å². The summed E-state index contributed by atoms with van der Waals surface area (Å²) in [5.41, 5.74) is 1.67. The first-order valence-electron chi connectivity index (χ1n) is 5.24. The van der Waals surface area contributed by atoms with Gasteiger partial charge in [0.25, 0.3) is 0 Å². The molecule has 2 aromatic heterocycles. The Hall–Kier alpha value is -1.98. The molecule has 0 unspecified atom stereocenters. The number of aromatic nitrogens is 5. The van der Waals surface area contributed by atoms with Gasteiger partial charge in [0.1, 0.15) is 11.4 Å². The molecule has 0 aliphatic heterocycles. The average molecular weight is 218 g/mol. The van der Waals surface area contributed by atoms with Gasteiger partial charge in [-0.3, -0.25) is 0 Å². The van der Waals surface area contributed by atoms with Crippen LogP contribution in [0.5, 0.6) is 0 Å². The molecule has 2 aromatic rings. The van der Waals surface area contributed by atoms with Gasteiger partial charge >= 0.3 is 0 Å². The third kappa shape index (κ3) is 1.86. The minimum Gasteiger partial charge on any atom is -0.371 e. The SMILES string of the molecule is CCCn1nncc1-c1nccnc1NC. The van der Waals surface area contributed by atoms with Gasteiger partial charge in [-0.05, 0) is 6.42 Å². The van der Waals surface area contributed by atoms with E-state index in [0.717, 1.165) is 30.2 Å². The molecule has 0 aromatic carbocycles. The van der Waals surface area contributed by atoms with E-state index < -0.39 is 0 Å². The van der Waals surface area contributed by atoms with Crippen LogP contribution in [0, 0.1) is 0 Å². The summed E-state index contributed by atoms with van der Waals surface area (Å²) in [4.78, 5) is 8.52. The fourth-order valence-electron chi connectivity index (χ4n) is 1.53. The Kier molecular flexibility index (Phi) is 3.09. The van der Waals surface area contributed by atoms with Gasteiger partial charge < -0.3 is 5.32 Å². The first-order valence-corrected chi connectivity index (χ1v) is 5.24. The molecule has 0 saturated heterocycles. The Morgan fingerprint density at radius 3 is 2.88 bits per heavy atom. The lowest BCUT2D eigenvalue weighted by atomic mass is 10.3. The summed E-state index contributed by atoms with van der Waals surface area (Å²) in [5, 5.41) is 10.9. The first-order chi connectivity index (χ1) is 7.86. The van der Waals surface area contributed by atoms with Gasteiger partial charge in [-0.15, -0.1) is 5.10 Å². The van der Waals surface area contributed by atoms with Crippen LogP contribution >= 0.6 is 0 Å². The molecule has 2 heterocycles. The van der Waals surface area contributed by atoms with Crippen molar-refractivity contribution in [1.29, 1.82) is 0 Å². The maximum Gasteiger partial charge on any atom is 0.153 e. The second-order valence-electron chi connectivity index (χ2n) is 3.35. The van der Waals surface area contributed by atoms with Crippen LogP contribution in [0.2, 0.25) is 0 Å². The number of rotatable bonds is 4. The lowest BCUT2D eigenvalue weighted by molar-refractivity contribution is 0.583. The molecule has 0 atom stereocenters. The average Bonchev–Trinajstić information content (AvgIpc) is 2.77. The van der Waals surface area contributed by atoms with Crippen molar-refractivity contribution in [2.24, 2.45) is 0 Å². The van der Waals surface area contributed by atoms with Crippen LogP contribution in [0.4, 0.5) is 5.82 Å². The summed E-state index contributed by atoms with van der Waals surface area (Å²) < 4.78 is 1.84. The molecule has 84 valence electrons. The van der Waals surface area contributed by atoms with Crippen molar-refractivity contribution in [3.63, 3.8) is 0 Å². The number of hydrogen-bond acceptors (Lipinski definition) is 5. The molecule has 1 N–H and O–H groups in total. The summed E-state index contributed by atoms with van der Waals surface area (Å²) in [7, 11) is 1.82. The zero-order valence-corrected chi connectivity index (χ0v) is 9.38. The van der Waals surface area contributed by atoms with Gasteiger partial charge in [0.15, 0.2) is 5.82 Å². The van der Waals surface area contributed by atoms with Crippen molar-refractivity contribution in [3.05, 3.63) is 18.6 Å². The van der Waals surface area contributed by atoms with Gasteiger partial charge in [-0.1, -0.05) is 12.1 Å². The number of anilines is 1. The number of nitrogens with zero attached hydrogens (tertiary/aromatic N) is 5. The normalized spacial score (nSPS) is 10.4. The Bertz CT molecular complexity index is 464. The smallest absolute Gasteiger partial charge is 0.153 e. The van der Waals surface area contributed by atoms with Crippen molar-refractivity contribution in [3.8, 4) is 11.4 Å². The van der Waals surface area contributed by atoms with E-state index >= 15 is 0 Å². The summed E-state index contributed by atoms with van der Waals surface area (Å²) >= 11 is 0. The van der Waals surface area contributed by atoms with Gasteiger partial charge in [0.2, 0.25) is 0 Å². The predicted molar refractivity (Wildman–Crippen MR) is 60.9 cm³/mol. The maximum atomic E-state index is 4.31. The van der Waals surface area contributed by atoms with Gasteiger partial charge in [-0.2, -0.15) is 0 Å². The highest BCUT2D eigenvalue weighted by Gasteiger charge is 2.12. The molecule has 0 radical (unpaired) electrons. The predicted octanol–water partition coefficient (Wildman–Crippen LogP) is 1.19. The van der Waals surface area contributed by atoms with Gasteiger partial charge in [0, 0.05) is 26.0 Å². The highest BCUT2D eigenvalue weighted by Crippen LogP contribution is 2.21. The van der Waals surface area contributed by atoms with Crippen LogP contribution in [-0.2, 0) is 6.54 Å².